The number of rotatable bonds is 7. The number of halogens is 1. The number of carbonyl (C=O) groups is 3. The summed E-state index contributed by atoms with van der Waals surface area (Å²) in [6, 6.07) is 6.96. The standard InChI is InChI=1S/C26H31ClN6O3S/c1-15(34)28-9-11-33-10-8-21-23(14-33)37-26(32-21)25(36)31-20-5-3-2-4-19(20)30-24(35)22-13-16-12-17(27)6-7-18(16)29-22/h6-7,12-13,19-20,29H,2-5,8-11,14H2,1H3,(H,28,34)(H,30,35)(H,31,36)/t19-,20+/m1/s1. The van der Waals surface area contributed by atoms with Gasteiger partial charge in [-0.3, -0.25) is 19.3 Å². The van der Waals surface area contributed by atoms with E-state index in [1.807, 2.05) is 12.1 Å². The van der Waals surface area contributed by atoms with E-state index in [0.717, 1.165) is 73.2 Å². The van der Waals surface area contributed by atoms with E-state index < -0.39 is 0 Å². The molecule has 1 saturated carbocycles. The SMILES string of the molecule is CC(=O)NCCN1CCc2nc(C(=O)N[C@H]3CCCC[C@H]3NC(=O)c3cc4cc(Cl)ccc4[nH]3)sc2C1. The molecule has 37 heavy (non-hydrogen) atoms. The number of fused-ring (bicyclic) bond motifs is 2. The smallest absolute Gasteiger partial charge is 0.280 e. The van der Waals surface area contributed by atoms with E-state index in [0.29, 0.717) is 22.3 Å². The Morgan fingerprint density at radius 2 is 1.89 bits per heavy atom. The van der Waals surface area contributed by atoms with E-state index in [4.69, 9.17) is 11.6 Å². The molecule has 0 saturated heterocycles. The van der Waals surface area contributed by atoms with Gasteiger partial charge in [0.2, 0.25) is 5.91 Å². The van der Waals surface area contributed by atoms with Gasteiger partial charge >= 0.3 is 0 Å². The molecule has 1 aromatic carbocycles. The highest BCUT2D eigenvalue weighted by molar-refractivity contribution is 7.13. The molecule has 4 N–H and O–H groups in total. The molecule has 1 aliphatic carbocycles. The van der Waals surface area contributed by atoms with Crippen LogP contribution in [0.2, 0.25) is 5.02 Å². The second-order valence-electron chi connectivity index (χ2n) is 9.76. The zero-order valence-corrected chi connectivity index (χ0v) is 22.3. The van der Waals surface area contributed by atoms with Crippen molar-refractivity contribution < 1.29 is 14.4 Å². The number of thiazole rings is 1. The van der Waals surface area contributed by atoms with Gasteiger partial charge in [-0.05, 0) is 37.1 Å². The average Bonchev–Trinajstić information content (AvgIpc) is 3.49. The highest BCUT2D eigenvalue weighted by atomic mass is 35.5. The number of H-pyrrole nitrogens is 1. The predicted molar refractivity (Wildman–Crippen MR) is 144 cm³/mol. The van der Waals surface area contributed by atoms with Crippen molar-refractivity contribution in [2.24, 2.45) is 0 Å². The summed E-state index contributed by atoms with van der Waals surface area (Å²) in [5.74, 6) is -0.406. The summed E-state index contributed by atoms with van der Waals surface area (Å²) in [6.45, 7) is 4.48. The summed E-state index contributed by atoms with van der Waals surface area (Å²) < 4.78 is 0. The lowest BCUT2D eigenvalue weighted by Crippen LogP contribution is -2.53. The molecule has 3 amide bonds. The van der Waals surface area contributed by atoms with Gasteiger partial charge in [0.15, 0.2) is 5.01 Å². The van der Waals surface area contributed by atoms with E-state index in [2.05, 4.69) is 30.8 Å². The van der Waals surface area contributed by atoms with Crippen molar-refractivity contribution in [3.63, 3.8) is 0 Å². The molecule has 3 aromatic rings. The summed E-state index contributed by atoms with van der Waals surface area (Å²) in [6.07, 6.45) is 4.40. The Hall–Kier alpha value is -2.95. The van der Waals surface area contributed by atoms with Crippen LogP contribution >= 0.6 is 22.9 Å². The van der Waals surface area contributed by atoms with Gasteiger partial charge in [0.05, 0.1) is 5.69 Å². The van der Waals surface area contributed by atoms with E-state index in [1.54, 1.807) is 12.1 Å². The molecule has 9 nitrogen and oxygen atoms in total. The lowest BCUT2D eigenvalue weighted by atomic mass is 9.90. The first-order valence-electron chi connectivity index (χ1n) is 12.7. The quantitative estimate of drug-likeness (QED) is 0.365. The van der Waals surface area contributed by atoms with Gasteiger partial charge in [-0.15, -0.1) is 11.3 Å². The van der Waals surface area contributed by atoms with Crippen LogP contribution in [0.15, 0.2) is 24.3 Å². The van der Waals surface area contributed by atoms with Gasteiger partial charge < -0.3 is 20.9 Å². The highest BCUT2D eigenvalue weighted by Gasteiger charge is 2.30. The fourth-order valence-electron chi connectivity index (χ4n) is 5.10. The van der Waals surface area contributed by atoms with Gasteiger partial charge in [-0.1, -0.05) is 24.4 Å². The Kier molecular flexibility index (Phi) is 7.78. The molecule has 2 aliphatic rings. The maximum atomic E-state index is 13.2. The topological polar surface area (TPSA) is 119 Å². The number of aromatic nitrogens is 2. The molecule has 0 radical (unpaired) electrons. The summed E-state index contributed by atoms with van der Waals surface area (Å²) >= 11 is 7.51. The van der Waals surface area contributed by atoms with E-state index in [1.165, 1.54) is 18.3 Å². The Labute approximate surface area is 224 Å². The minimum Gasteiger partial charge on any atom is -0.355 e. The van der Waals surface area contributed by atoms with E-state index >= 15 is 0 Å². The van der Waals surface area contributed by atoms with Crippen LogP contribution in [0.3, 0.4) is 0 Å². The number of benzene rings is 1. The van der Waals surface area contributed by atoms with Crippen molar-refractivity contribution in [3.05, 3.63) is 50.6 Å². The Balaban J connectivity index is 1.20. The third-order valence-corrected chi connectivity index (χ3v) is 8.35. The van der Waals surface area contributed by atoms with Crippen molar-refractivity contribution in [1.29, 1.82) is 0 Å². The van der Waals surface area contributed by atoms with Crippen LogP contribution in [0.1, 0.15) is 63.5 Å². The lowest BCUT2D eigenvalue weighted by Gasteiger charge is -2.32. The molecular weight excluding hydrogens is 512 g/mol. The normalized spacial score (nSPS) is 19.8. The second-order valence-corrected chi connectivity index (χ2v) is 11.3. The van der Waals surface area contributed by atoms with Crippen LogP contribution in [-0.2, 0) is 17.8 Å². The summed E-state index contributed by atoms with van der Waals surface area (Å²) in [5, 5.41) is 11.1. The largest absolute Gasteiger partial charge is 0.355 e. The predicted octanol–water partition coefficient (Wildman–Crippen LogP) is 3.24. The van der Waals surface area contributed by atoms with Crippen molar-refractivity contribution in [2.45, 2.75) is 57.7 Å². The number of nitrogens with zero attached hydrogens (tertiary/aromatic N) is 2. The molecule has 0 bridgehead atoms. The maximum absolute atomic E-state index is 13.2. The minimum absolute atomic E-state index is 0.0297. The summed E-state index contributed by atoms with van der Waals surface area (Å²) in [5.41, 5.74) is 2.31. The second kappa shape index (κ2) is 11.2. The maximum Gasteiger partial charge on any atom is 0.280 e. The molecule has 5 rings (SSSR count). The first kappa shape index (κ1) is 25.7. The fourth-order valence-corrected chi connectivity index (χ4v) is 6.34. The van der Waals surface area contributed by atoms with Gasteiger partial charge in [0.25, 0.3) is 11.8 Å². The van der Waals surface area contributed by atoms with Crippen molar-refractivity contribution in [2.75, 3.05) is 19.6 Å². The molecule has 2 aromatic heterocycles. The van der Waals surface area contributed by atoms with Gasteiger partial charge in [0, 0.05) is 72.4 Å². The molecule has 2 atom stereocenters. The highest BCUT2D eigenvalue weighted by Crippen LogP contribution is 2.26. The Bertz CT molecular complexity index is 1320. The minimum atomic E-state index is -0.192. The van der Waals surface area contributed by atoms with E-state index in [9.17, 15) is 14.4 Å². The van der Waals surface area contributed by atoms with Crippen molar-refractivity contribution >= 4 is 51.6 Å². The molecule has 11 heteroatoms. The van der Waals surface area contributed by atoms with Gasteiger partial charge in [0.1, 0.15) is 5.69 Å². The van der Waals surface area contributed by atoms with Crippen LogP contribution < -0.4 is 16.0 Å². The van der Waals surface area contributed by atoms with Gasteiger partial charge in [-0.25, -0.2) is 4.98 Å². The lowest BCUT2D eigenvalue weighted by molar-refractivity contribution is -0.119. The first-order chi connectivity index (χ1) is 17.9. The Morgan fingerprint density at radius 1 is 1.14 bits per heavy atom. The first-order valence-corrected chi connectivity index (χ1v) is 13.9. The van der Waals surface area contributed by atoms with Crippen LogP contribution in [0.5, 0.6) is 0 Å². The molecule has 3 heterocycles. The number of aromatic amines is 1. The molecule has 196 valence electrons. The van der Waals surface area contributed by atoms with Crippen LogP contribution in [0.25, 0.3) is 10.9 Å². The zero-order valence-electron chi connectivity index (χ0n) is 20.7. The molecule has 0 spiro atoms. The fraction of sp³-hybridized carbons (Fsp3) is 0.462. The molecular formula is C26H31ClN6O3S. The average molecular weight is 543 g/mol. The zero-order chi connectivity index (χ0) is 25.9. The van der Waals surface area contributed by atoms with Crippen LogP contribution in [0, 0.1) is 0 Å². The number of amides is 3. The van der Waals surface area contributed by atoms with E-state index in [-0.39, 0.29) is 29.8 Å². The Morgan fingerprint density at radius 3 is 2.65 bits per heavy atom. The number of hydrogen-bond acceptors (Lipinski definition) is 6. The van der Waals surface area contributed by atoms with Crippen LogP contribution in [0.4, 0.5) is 0 Å². The van der Waals surface area contributed by atoms with Crippen LogP contribution in [-0.4, -0.2) is 64.3 Å². The third kappa shape index (κ3) is 6.14. The number of carbonyl (C=O) groups excluding carboxylic acids is 3. The monoisotopic (exact) mass is 542 g/mol. The molecule has 1 fully saturated rings. The van der Waals surface area contributed by atoms with Gasteiger partial charge in [-0.2, -0.15) is 0 Å². The summed E-state index contributed by atoms with van der Waals surface area (Å²) in [7, 11) is 0. The third-order valence-electron chi connectivity index (χ3n) is 7.03. The van der Waals surface area contributed by atoms with Crippen molar-refractivity contribution in [3.8, 4) is 0 Å². The number of nitrogens with one attached hydrogen (secondary N) is 4. The summed E-state index contributed by atoms with van der Waals surface area (Å²) in [4.78, 5) is 48.4. The number of hydrogen-bond donors (Lipinski definition) is 4. The molecule has 1 aliphatic heterocycles. The molecule has 0 unspecified atom stereocenters. The van der Waals surface area contributed by atoms with Crippen molar-refractivity contribution in [1.82, 2.24) is 30.8 Å².